The maximum Gasteiger partial charge on any atom is 0.274 e. The van der Waals surface area contributed by atoms with E-state index in [4.69, 9.17) is 39.9 Å². The topological polar surface area (TPSA) is 40.5 Å². The molecule has 6 heteroatoms. The standard InChI is InChI=1S/C5H8Cl3NO2/c1-9(2-3-10)4(11)5(6,7)8/h10H,2-3H2,1H3. The van der Waals surface area contributed by atoms with Crippen LogP contribution >= 0.6 is 34.8 Å². The number of alkyl halides is 3. The molecule has 0 aliphatic heterocycles. The summed E-state index contributed by atoms with van der Waals surface area (Å²) in [6.07, 6.45) is 0. The number of carbonyl (C=O) groups is 1. The Kier molecular flexibility index (Phi) is 4.48. The molecule has 0 unspecified atom stereocenters. The molecule has 0 saturated carbocycles. The number of amides is 1. The fraction of sp³-hybridized carbons (Fsp3) is 0.800. The van der Waals surface area contributed by atoms with Gasteiger partial charge in [-0.15, -0.1) is 0 Å². The molecule has 0 aromatic heterocycles. The van der Waals surface area contributed by atoms with Crippen LogP contribution in [-0.4, -0.2) is 39.9 Å². The monoisotopic (exact) mass is 219 g/mol. The molecule has 11 heavy (non-hydrogen) atoms. The molecule has 0 radical (unpaired) electrons. The lowest BCUT2D eigenvalue weighted by atomic mass is 10.5. The normalized spacial score (nSPS) is 11.4. The van der Waals surface area contributed by atoms with Crippen LogP contribution in [0.5, 0.6) is 0 Å². The van der Waals surface area contributed by atoms with Gasteiger partial charge in [0, 0.05) is 13.6 Å². The molecule has 1 N–H and O–H groups in total. The molecule has 3 nitrogen and oxygen atoms in total. The summed E-state index contributed by atoms with van der Waals surface area (Å²) < 4.78 is -1.93. The second-order valence-electron chi connectivity index (χ2n) is 1.95. The van der Waals surface area contributed by atoms with Crippen molar-refractivity contribution in [1.29, 1.82) is 0 Å². The molecule has 1 amide bonds. The maximum atomic E-state index is 11.0. The average molecular weight is 220 g/mol. The molecule has 0 fully saturated rings. The zero-order chi connectivity index (χ0) is 9.07. The number of likely N-dealkylation sites (N-methyl/N-ethyl adjacent to an activating group) is 1. The predicted octanol–water partition coefficient (Wildman–Crippen LogP) is 0.807. The highest BCUT2D eigenvalue weighted by Crippen LogP contribution is 2.27. The van der Waals surface area contributed by atoms with E-state index in [2.05, 4.69) is 0 Å². The number of hydrogen-bond acceptors (Lipinski definition) is 2. The summed E-state index contributed by atoms with van der Waals surface area (Å²) in [5, 5.41) is 8.43. The van der Waals surface area contributed by atoms with Crippen LogP contribution in [0.15, 0.2) is 0 Å². The molecule has 0 saturated heterocycles. The lowest BCUT2D eigenvalue weighted by molar-refractivity contribution is -0.129. The van der Waals surface area contributed by atoms with Crippen molar-refractivity contribution in [3.05, 3.63) is 0 Å². The van der Waals surface area contributed by atoms with E-state index in [1.807, 2.05) is 0 Å². The van der Waals surface area contributed by atoms with Gasteiger partial charge in [-0.3, -0.25) is 4.79 Å². The SMILES string of the molecule is CN(CCO)C(=O)C(Cl)(Cl)Cl. The Bertz CT molecular complexity index is 145. The zero-order valence-corrected chi connectivity index (χ0v) is 8.12. The summed E-state index contributed by atoms with van der Waals surface area (Å²) in [6.45, 7) is 0.00965. The highest BCUT2D eigenvalue weighted by molar-refractivity contribution is 6.76. The van der Waals surface area contributed by atoms with Gasteiger partial charge in [-0.05, 0) is 0 Å². The Morgan fingerprint density at radius 3 is 2.27 bits per heavy atom. The van der Waals surface area contributed by atoms with E-state index in [-0.39, 0.29) is 13.2 Å². The van der Waals surface area contributed by atoms with Crippen molar-refractivity contribution in [3.8, 4) is 0 Å². The highest BCUT2D eigenvalue weighted by atomic mass is 35.6. The van der Waals surface area contributed by atoms with Gasteiger partial charge >= 0.3 is 0 Å². The van der Waals surface area contributed by atoms with Gasteiger partial charge in [-0.2, -0.15) is 0 Å². The summed E-state index contributed by atoms with van der Waals surface area (Å²) in [4.78, 5) is 12.1. The first-order valence-corrected chi connectivity index (χ1v) is 3.96. The van der Waals surface area contributed by atoms with Crippen LogP contribution in [-0.2, 0) is 4.79 Å². The molecule has 66 valence electrons. The van der Waals surface area contributed by atoms with E-state index in [0.717, 1.165) is 4.90 Å². The smallest absolute Gasteiger partial charge is 0.274 e. The third-order valence-electron chi connectivity index (χ3n) is 1.02. The maximum absolute atomic E-state index is 11.0. The minimum atomic E-state index is -1.93. The van der Waals surface area contributed by atoms with Gasteiger partial charge in [0.1, 0.15) is 0 Å². The average Bonchev–Trinajstić information content (AvgIpc) is 1.85. The summed E-state index contributed by atoms with van der Waals surface area (Å²) in [7, 11) is 1.44. The van der Waals surface area contributed by atoms with Crippen molar-refractivity contribution in [2.75, 3.05) is 20.2 Å². The first kappa shape index (κ1) is 11.3. The second kappa shape index (κ2) is 4.36. The van der Waals surface area contributed by atoms with Crippen molar-refractivity contribution in [2.45, 2.75) is 3.79 Å². The number of aliphatic hydroxyl groups excluding tert-OH is 1. The fourth-order valence-electron chi connectivity index (χ4n) is 0.468. The number of rotatable bonds is 2. The van der Waals surface area contributed by atoms with Crippen molar-refractivity contribution < 1.29 is 9.90 Å². The third-order valence-corrected chi connectivity index (χ3v) is 1.51. The van der Waals surface area contributed by atoms with Gasteiger partial charge < -0.3 is 10.0 Å². The Hall–Kier alpha value is 0.300. The van der Waals surface area contributed by atoms with Crippen molar-refractivity contribution in [1.82, 2.24) is 4.90 Å². The number of halogens is 3. The molecule has 0 rings (SSSR count). The molecule has 0 aliphatic carbocycles. The summed E-state index contributed by atoms with van der Waals surface area (Å²) in [5.41, 5.74) is 0. The Morgan fingerprint density at radius 2 is 2.00 bits per heavy atom. The van der Waals surface area contributed by atoms with E-state index in [0.29, 0.717) is 0 Å². The van der Waals surface area contributed by atoms with Crippen LogP contribution in [0.1, 0.15) is 0 Å². The molecule has 0 bridgehead atoms. The third kappa shape index (κ3) is 4.01. The predicted molar refractivity (Wildman–Crippen MR) is 45.0 cm³/mol. The molecule has 0 heterocycles. The molecular formula is C5H8Cl3NO2. The van der Waals surface area contributed by atoms with Crippen LogP contribution in [0.3, 0.4) is 0 Å². The second-order valence-corrected chi connectivity index (χ2v) is 4.23. The Balaban J connectivity index is 4.03. The van der Waals surface area contributed by atoms with Crippen molar-refractivity contribution >= 4 is 40.7 Å². The highest BCUT2D eigenvalue weighted by Gasteiger charge is 2.33. The largest absolute Gasteiger partial charge is 0.395 e. The number of carbonyl (C=O) groups excluding carboxylic acids is 1. The first-order valence-electron chi connectivity index (χ1n) is 2.82. The van der Waals surface area contributed by atoms with Crippen molar-refractivity contribution in [2.24, 2.45) is 0 Å². The van der Waals surface area contributed by atoms with E-state index < -0.39 is 9.70 Å². The summed E-state index contributed by atoms with van der Waals surface area (Å²) in [6, 6.07) is 0. The lowest BCUT2D eigenvalue weighted by Crippen LogP contribution is -2.38. The molecule has 0 aliphatic rings. The summed E-state index contributed by atoms with van der Waals surface area (Å²) in [5.74, 6) is -0.642. The Morgan fingerprint density at radius 1 is 1.55 bits per heavy atom. The Labute approximate surface area is 79.8 Å². The first-order chi connectivity index (χ1) is 4.89. The van der Waals surface area contributed by atoms with Crippen LogP contribution in [0, 0.1) is 0 Å². The molecule has 0 aromatic carbocycles. The van der Waals surface area contributed by atoms with E-state index >= 15 is 0 Å². The number of nitrogens with zero attached hydrogens (tertiary/aromatic N) is 1. The van der Waals surface area contributed by atoms with Gasteiger partial charge in [0.15, 0.2) is 0 Å². The number of hydrogen-bond donors (Lipinski definition) is 1. The zero-order valence-electron chi connectivity index (χ0n) is 5.85. The van der Waals surface area contributed by atoms with Crippen molar-refractivity contribution in [3.63, 3.8) is 0 Å². The van der Waals surface area contributed by atoms with Gasteiger partial charge in [0.2, 0.25) is 0 Å². The molecular weight excluding hydrogens is 212 g/mol. The van der Waals surface area contributed by atoms with E-state index in [1.165, 1.54) is 7.05 Å². The minimum absolute atomic E-state index is 0.150. The number of aliphatic hydroxyl groups is 1. The van der Waals surface area contributed by atoms with Gasteiger partial charge in [0.05, 0.1) is 6.61 Å². The van der Waals surface area contributed by atoms with E-state index in [9.17, 15) is 4.79 Å². The van der Waals surface area contributed by atoms with Crippen LogP contribution < -0.4 is 0 Å². The fourth-order valence-corrected chi connectivity index (χ4v) is 0.901. The van der Waals surface area contributed by atoms with Crippen LogP contribution in [0.25, 0.3) is 0 Å². The quantitative estimate of drug-likeness (QED) is 0.700. The molecule has 0 aromatic rings. The minimum Gasteiger partial charge on any atom is -0.395 e. The van der Waals surface area contributed by atoms with E-state index in [1.54, 1.807) is 0 Å². The molecule has 0 atom stereocenters. The van der Waals surface area contributed by atoms with Crippen LogP contribution in [0.4, 0.5) is 0 Å². The van der Waals surface area contributed by atoms with Crippen LogP contribution in [0.2, 0.25) is 0 Å². The van der Waals surface area contributed by atoms with Gasteiger partial charge in [0.25, 0.3) is 9.70 Å². The lowest BCUT2D eigenvalue weighted by Gasteiger charge is -2.19. The van der Waals surface area contributed by atoms with Gasteiger partial charge in [-0.1, -0.05) is 34.8 Å². The molecule has 0 spiro atoms. The van der Waals surface area contributed by atoms with Gasteiger partial charge in [-0.25, -0.2) is 0 Å². The summed E-state index contributed by atoms with van der Waals surface area (Å²) >= 11 is 15.8.